The van der Waals surface area contributed by atoms with Crippen molar-refractivity contribution in [1.29, 1.82) is 5.26 Å². The summed E-state index contributed by atoms with van der Waals surface area (Å²) < 4.78 is 24.0. The Bertz CT molecular complexity index is 486. The van der Waals surface area contributed by atoms with E-state index in [1.165, 1.54) is 11.5 Å². The third-order valence-electron chi connectivity index (χ3n) is 1.55. The fraction of sp³-hybridized carbons (Fsp3) is 0. The lowest BCUT2D eigenvalue weighted by molar-refractivity contribution is 0.610. The lowest BCUT2D eigenvalue weighted by Gasteiger charge is -2.04. The maximum Gasteiger partial charge on any atom is 0.326 e. The smallest absolute Gasteiger partial charge is 0.271 e. The summed E-state index contributed by atoms with van der Waals surface area (Å²) in [6, 6.07) is 6.68. The van der Waals surface area contributed by atoms with Crippen LogP contribution in [0.15, 0.2) is 30.8 Å². The molecule has 1 aromatic carbocycles. The largest absolute Gasteiger partial charge is 0.326 e. The van der Waals surface area contributed by atoms with E-state index in [1.54, 1.807) is 24.3 Å². The second-order valence-electron chi connectivity index (χ2n) is 2.49. The lowest BCUT2D eigenvalue weighted by Crippen LogP contribution is -2.09. The van der Waals surface area contributed by atoms with Crippen molar-refractivity contribution in [2.75, 3.05) is 4.72 Å². The van der Waals surface area contributed by atoms with Crippen molar-refractivity contribution in [3.8, 4) is 5.40 Å². The molecule has 5 heteroatoms. The molecule has 4 nitrogen and oxygen atoms in total. The van der Waals surface area contributed by atoms with Crippen molar-refractivity contribution in [2.24, 2.45) is 0 Å². The molecule has 0 fully saturated rings. The minimum atomic E-state index is -3.90. The summed E-state index contributed by atoms with van der Waals surface area (Å²) in [7, 11) is -3.90. The van der Waals surface area contributed by atoms with E-state index < -0.39 is 10.0 Å². The molecular weight excluding hydrogens is 200 g/mol. The zero-order valence-electron chi connectivity index (χ0n) is 7.27. The van der Waals surface area contributed by atoms with Crippen molar-refractivity contribution in [3.05, 3.63) is 36.4 Å². The summed E-state index contributed by atoms with van der Waals surface area (Å²) in [5.41, 5.74) is 0.982. The van der Waals surface area contributed by atoms with Gasteiger partial charge in [-0.2, -0.15) is 13.7 Å². The number of anilines is 1. The summed E-state index contributed by atoms with van der Waals surface area (Å²) in [5.74, 6) is 0. The monoisotopic (exact) mass is 208 g/mol. The number of hydrogen-bond donors (Lipinski definition) is 1. The molecule has 0 saturated carbocycles. The quantitative estimate of drug-likeness (QED) is 0.605. The highest BCUT2D eigenvalue weighted by molar-refractivity contribution is 7.97. The third-order valence-corrected chi connectivity index (χ3v) is 2.27. The van der Waals surface area contributed by atoms with Crippen LogP contribution in [0.2, 0.25) is 0 Å². The normalized spacial score (nSPS) is 10.2. The van der Waals surface area contributed by atoms with Gasteiger partial charge in [0.1, 0.15) is 0 Å². The van der Waals surface area contributed by atoms with Crippen LogP contribution in [0.5, 0.6) is 0 Å². The van der Waals surface area contributed by atoms with Crippen LogP contribution in [-0.2, 0) is 10.0 Å². The Morgan fingerprint density at radius 1 is 1.43 bits per heavy atom. The molecule has 0 aliphatic rings. The van der Waals surface area contributed by atoms with E-state index in [2.05, 4.69) is 11.3 Å². The molecule has 0 aliphatic carbocycles. The highest BCUT2D eigenvalue weighted by Crippen LogP contribution is 2.16. The van der Waals surface area contributed by atoms with Gasteiger partial charge >= 0.3 is 10.0 Å². The molecule has 0 bridgehead atoms. The first kappa shape index (κ1) is 10.3. The highest BCUT2D eigenvalue weighted by Gasteiger charge is 2.08. The Morgan fingerprint density at radius 3 is 2.64 bits per heavy atom. The summed E-state index contributed by atoms with van der Waals surface area (Å²) in [4.78, 5) is 0. The van der Waals surface area contributed by atoms with Gasteiger partial charge < -0.3 is 0 Å². The van der Waals surface area contributed by atoms with Gasteiger partial charge in [-0.25, -0.2) is 0 Å². The molecule has 0 heterocycles. The van der Waals surface area contributed by atoms with Gasteiger partial charge in [0.15, 0.2) is 0 Å². The van der Waals surface area contributed by atoms with Gasteiger partial charge in [-0.05, 0) is 11.6 Å². The van der Waals surface area contributed by atoms with E-state index in [0.29, 0.717) is 11.3 Å². The molecule has 0 spiro atoms. The molecule has 1 rings (SSSR count). The van der Waals surface area contributed by atoms with E-state index in [4.69, 9.17) is 5.26 Å². The summed E-state index contributed by atoms with van der Waals surface area (Å²) in [6.45, 7) is 3.53. The SMILES string of the molecule is C=Cc1ccccc1NS(=O)(=O)C#N. The molecule has 1 aromatic rings. The van der Waals surface area contributed by atoms with Gasteiger partial charge in [0, 0.05) is 0 Å². The van der Waals surface area contributed by atoms with Crippen molar-refractivity contribution >= 4 is 21.8 Å². The Balaban J connectivity index is 3.11. The number of nitrogens with one attached hydrogen (secondary N) is 1. The van der Waals surface area contributed by atoms with Crippen LogP contribution in [0, 0.1) is 10.7 Å². The zero-order chi connectivity index (χ0) is 10.6. The first-order valence-corrected chi connectivity index (χ1v) is 5.22. The average molecular weight is 208 g/mol. The van der Waals surface area contributed by atoms with Crippen LogP contribution in [-0.4, -0.2) is 8.42 Å². The summed E-state index contributed by atoms with van der Waals surface area (Å²) >= 11 is 0. The molecule has 0 saturated heterocycles. The summed E-state index contributed by atoms with van der Waals surface area (Å²) in [6.07, 6.45) is 1.51. The van der Waals surface area contributed by atoms with Crippen molar-refractivity contribution in [2.45, 2.75) is 0 Å². The van der Waals surface area contributed by atoms with Crippen LogP contribution in [0.3, 0.4) is 0 Å². The van der Waals surface area contributed by atoms with E-state index in [-0.39, 0.29) is 0 Å². The van der Waals surface area contributed by atoms with Gasteiger partial charge in [-0.1, -0.05) is 30.9 Å². The number of nitriles is 1. The highest BCUT2D eigenvalue weighted by atomic mass is 32.2. The molecular formula is C9H8N2O2S. The first-order chi connectivity index (χ1) is 6.59. The second-order valence-corrected chi connectivity index (χ2v) is 3.88. The van der Waals surface area contributed by atoms with Crippen LogP contribution >= 0.6 is 0 Å². The van der Waals surface area contributed by atoms with E-state index in [0.717, 1.165) is 0 Å². The van der Waals surface area contributed by atoms with E-state index >= 15 is 0 Å². The molecule has 0 aromatic heterocycles. The number of sulfonamides is 1. The third kappa shape index (κ3) is 2.34. The van der Waals surface area contributed by atoms with Gasteiger partial charge in [0.05, 0.1) is 5.69 Å². The Morgan fingerprint density at radius 2 is 2.07 bits per heavy atom. The van der Waals surface area contributed by atoms with Gasteiger partial charge in [0.2, 0.25) is 5.40 Å². The first-order valence-electron chi connectivity index (χ1n) is 3.74. The van der Waals surface area contributed by atoms with Crippen LogP contribution in [0.25, 0.3) is 6.08 Å². The summed E-state index contributed by atoms with van der Waals surface area (Å²) in [5, 5.41) is 9.46. The van der Waals surface area contributed by atoms with Crippen LogP contribution in [0.4, 0.5) is 5.69 Å². The Kier molecular flexibility index (Phi) is 2.89. The standard InChI is InChI=1S/C9H8N2O2S/c1-2-8-5-3-4-6-9(8)11-14(12,13)7-10/h2-6,11H,1H2. The Labute approximate surface area is 82.5 Å². The fourth-order valence-electron chi connectivity index (χ4n) is 0.936. The molecule has 0 unspecified atom stereocenters. The van der Waals surface area contributed by atoms with Gasteiger partial charge in [-0.3, -0.25) is 4.72 Å². The fourth-order valence-corrected chi connectivity index (χ4v) is 1.46. The molecule has 0 atom stereocenters. The molecule has 14 heavy (non-hydrogen) atoms. The molecule has 0 radical (unpaired) electrons. The predicted octanol–water partition coefficient (Wildman–Crippen LogP) is 1.55. The number of para-hydroxylation sites is 1. The van der Waals surface area contributed by atoms with Gasteiger partial charge in [0.25, 0.3) is 0 Å². The minimum absolute atomic E-state index is 0.351. The minimum Gasteiger partial charge on any atom is -0.271 e. The van der Waals surface area contributed by atoms with E-state index in [1.807, 2.05) is 0 Å². The average Bonchev–Trinajstić information content (AvgIpc) is 2.18. The number of nitrogens with zero attached hydrogens (tertiary/aromatic N) is 1. The molecule has 0 amide bonds. The van der Waals surface area contributed by atoms with Crippen molar-refractivity contribution < 1.29 is 8.42 Å². The molecule has 72 valence electrons. The van der Waals surface area contributed by atoms with Crippen LogP contribution < -0.4 is 4.72 Å². The zero-order valence-corrected chi connectivity index (χ0v) is 8.08. The van der Waals surface area contributed by atoms with Crippen LogP contribution in [0.1, 0.15) is 5.56 Å². The predicted molar refractivity (Wildman–Crippen MR) is 54.7 cm³/mol. The molecule has 1 N–H and O–H groups in total. The number of benzene rings is 1. The second kappa shape index (κ2) is 3.94. The number of rotatable bonds is 3. The van der Waals surface area contributed by atoms with E-state index in [9.17, 15) is 8.42 Å². The maximum atomic E-state index is 10.9. The van der Waals surface area contributed by atoms with Crippen molar-refractivity contribution in [3.63, 3.8) is 0 Å². The number of thiocyanates is 1. The van der Waals surface area contributed by atoms with Gasteiger partial charge in [-0.15, -0.1) is 0 Å². The Hall–Kier alpha value is -1.80. The molecule has 0 aliphatic heterocycles. The lowest BCUT2D eigenvalue weighted by atomic mass is 10.2. The topological polar surface area (TPSA) is 70.0 Å². The maximum absolute atomic E-state index is 10.9. The number of hydrogen-bond acceptors (Lipinski definition) is 3. The van der Waals surface area contributed by atoms with Crippen molar-refractivity contribution in [1.82, 2.24) is 0 Å².